The van der Waals surface area contributed by atoms with Crippen molar-refractivity contribution in [3.8, 4) is 0 Å². The van der Waals surface area contributed by atoms with Gasteiger partial charge in [-0.2, -0.15) is 26.3 Å². The Hall–Kier alpha value is -3.80. The number of carbonyl (C=O) groups is 1. The molecule has 0 saturated carbocycles. The summed E-state index contributed by atoms with van der Waals surface area (Å²) in [7, 11) is 0. The Labute approximate surface area is 219 Å². The largest absolute Gasteiger partial charge is 0.481 e. The minimum Gasteiger partial charge on any atom is -0.481 e. The molecule has 3 atom stereocenters. The first-order valence-corrected chi connectivity index (χ1v) is 11.8. The lowest BCUT2D eigenvalue weighted by molar-refractivity contribution is -0.181. The van der Waals surface area contributed by atoms with Crippen molar-refractivity contribution in [2.45, 2.75) is 50.8 Å². The Morgan fingerprint density at radius 2 is 1.64 bits per heavy atom. The molecule has 0 amide bonds. The van der Waals surface area contributed by atoms with E-state index in [-0.39, 0.29) is 24.9 Å². The molecule has 0 aliphatic carbocycles. The van der Waals surface area contributed by atoms with Gasteiger partial charge in [0.2, 0.25) is 0 Å². The van der Waals surface area contributed by atoms with Gasteiger partial charge in [0, 0.05) is 30.3 Å². The van der Waals surface area contributed by atoms with Crippen LogP contribution in [0.3, 0.4) is 0 Å². The van der Waals surface area contributed by atoms with Crippen LogP contribution in [0, 0.1) is 5.92 Å². The summed E-state index contributed by atoms with van der Waals surface area (Å²) in [5.74, 6) is -4.47. The molecular formula is C27H26F6N2O4. The number of benzene rings is 2. The van der Waals surface area contributed by atoms with Crippen molar-refractivity contribution < 1.29 is 41.4 Å². The third-order valence-electron chi connectivity index (χ3n) is 6.29. The van der Waals surface area contributed by atoms with Crippen LogP contribution in [0.2, 0.25) is 0 Å². The number of nitrogens with zero attached hydrogens (tertiary/aromatic N) is 1. The number of hydrogen-bond donors (Lipinski definition) is 3. The van der Waals surface area contributed by atoms with E-state index in [1.54, 1.807) is 12.1 Å². The van der Waals surface area contributed by atoms with Gasteiger partial charge in [-0.1, -0.05) is 43.3 Å². The minimum atomic E-state index is -4.67. The van der Waals surface area contributed by atoms with Gasteiger partial charge in [-0.25, -0.2) is 0 Å². The monoisotopic (exact) mass is 556 g/mol. The van der Waals surface area contributed by atoms with Crippen molar-refractivity contribution in [3.05, 3.63) is 99.5 Å². The van der Waals surface area contributed by atoms with Crippen molar-refractivity contribution in [1.29, 1.82) is 0 Å². The van der Waals surface area contributed by atoms with E-state index in [9.17, 15) is 41.0 Å². The predicted octanol–water partition coefficient (Wildman–Crippen LogP) is 5.65. The Morgan fingerprint density at radius 1 is 0.974 bits per heavy atom. The smallest absolute Gasteiger partial charge is 0.417 e. The molecule has 3 N–H and O–H groups in total. The summed E-state index contributed by atoms with van der Waals surface area (Å²) in [6.07, 6.45) is -10.3. The lowest BCUT2D eigenvalue weighted by atomic mass is 9.84. The molecule has 0 aliphatic rings. The Kier molecular flexibility index (Phi) is 9.10. The van der Waals surface area contributed by atoms with Gasteiger partial charge in [0.05, 0.1) is 18.0 Å². The summed E-state index contributed by atoms with van der Waals surface area (Å²) < 4.78 is 81.1. The fraction of sp³-hybridized carbons (Fsp3) is 0.333. The van der Waals surface area contributed by atoms with Gasteiger partial charge in [0.15, 0.2) is 0 Å². The van der Waals surface area contributed by atoms with Crippen LogP contribution in [0.5, 0.6) is 0 Å². The first-order valence-electron chi connectivity index (χ1n) is 11.8. The third kappa shape index (κ3) is 8.09. The molecule has 1 unspecified atom stereocenters. The molecule has 0 fully saturated rings. The molecule has 39 heavy (non-hydrogen) atoms. The summed E-state index contributed by atoms with van der Waals surface area (Å²) in [6, 6.07) is 13.2. The second-order valence-electron chi connectivity index (χ2n) is 9.16. The average Bonchev–Trinajstić information content (AvgIpc) is 2.84. The topological polar surface area (TPSA) is 91.6 Å². The molecule has 3 aromatic rings. The highest BCUT2D eigenvalue weighted by molar-refractivity contribution is 5.67. The Balaban J connectivity index is 1.85. The highest BCUT2D eigenvalue weighted by Crippen LogP contribution is 2.40. The fourth-order valence-corrected chi connectivity index (χ4v) is 4.14. The molecular weight excluding hydrogens is 530 g/mol. The third-order valence-corrected chi connectivity index (χ3v) is 6.29. The zero-order valence-electron chi connectivity index (χ0n) is 20.6. The number of aliphatic hydroxyl groups is 1. The molecule has 0 saturated heterocycles. The number of aromatic nitrogens is 1. The normalized spacial score (nSPS) is 14.5. The summed E-state index contributed by atoms with van der Waals surface area (Å²) in [5, 5.41) is 22.4. The molecule has 6 nitrogen and oxygen atoms in total. The molecule has 1 heterocycles. The van der Waals surface area contributed by atoms with Gasteiger partial charge in [0.1, 0.15) is 6.23 Å². The molecule has 0 spiro atoms. The lowest BCUT2D eigenvalue weighted by Crippen LogP contribution is -2.37. The predicted molar refractivity (Wildman–Crippen MR) is 131 cm³/mol. The standard InChI is InChI=1S/C27H26F6N2O4/c1-16(26(28,29)30)24(25(39)34-21-4-2-3-17(13-21)7-12-23(37)38)19-8-5-18(6-9-19)14-35-15-20(27(31,32)33)10-11-22(35)36/h2-6,8-11,13,15-16,24-25,34,39H,7,12,14H2,1H3,(H,37,38)/t16-,24+,25?/m1/s1. The number of aliphatic carboxylic acids is 1. The van der Waals surface area contributed by atoms with Gasteiger partial charge in [-0.3, -0.25) is 9.59 Å². The van der Waals surface area contributed by atoms with Crippen molar-refractivity contribution in [2.75, 3.05) is 5.32 Å². The lowest BCUT2D eigenvalue weighted by Gasteiger charge is -2.31. The number of pyridine rings is 1. The summed E-state index contributed by atoms with van der Waals surface area (Å²) in [6.45, 7) is 0.682. The van der Waals surface area contributed by atoms with Crippen molar-refractivity contribution in [2.24, 2.45) is 5.92 Å². The SMILES string of the molecule is C[C@H]([C@@H](c1ccc(Cn2cc(C(F)(F)F)ccc2=O)cc1)C(O)Nc1cccc(CCC(=O)O)c1)C(F)(F)F. The van der Waals surface area contributed by atoms with Crippen molar-refractivity contribution in [1.82, 2.24) is 4.57 Å². The maximum Gasteiger partial charge on any atom is 0.417 e. The molecule has 12 heteroatoms. The van der Waals surface area contributed by atoms with E-state index < -0.39 is 47.5 Å². The summed E-state index contributed by atoms with van der Waals surface area (Å²) in [5.41, 5.74) is -0.302. The van der Waals surface area contributed by atoms with Gasteiger partial charge in [-0.05, 0) is 41.3 Å². The highest BCUT2D eigenvalue weighted by atomic mass is 19.4. The number of rotatable bonds is 10. The fourth-order valence-electron chi connectivity index (χ4n) is 4.14. The van der Waals surface area contributed by atoms with Crippen LogP contribution in [-0.2, 0) is 23.9 Å². The number of carboxylic acid groups (broad SMARTS) is 1. The molecule has 0 bridgehead atoms. The average molecular weight is 557 g/mol. The van der Waals surface area contributed by atoms with Gasteiger partial charge >= 0.3 is 18.3 Å². The van der Waals surface area contributed by atoms with Crippen LogP contribution in [0.1, 0.15) is 41.5 Å². The Bertz CT molecular complexity index is 1340. The first kappa shape index (κ1) is 29.8. The molecule has 0 aliphatic heterocycles. The van der Waals surface area contributed by atoms with Gasteiger partial charge in [0.25, 0.3) is 5.56 Å². The minimum absolute atomic E-state index is 0.113. The number of aryl methyl sites for hydroxylation is 1. The zero-order chi connectivity index (χ0) is 29.0. The van der Waals surface area contributed by atoms with E-state index in [0.717, 1.165) is 17.6 Å². The number of nitrogens with one attached hydrogen (secondary N) is 1. The summed E-state index contributed by atoms with van der Waals surface area (Å²) >= 11 is 0. The highest BCUT2D eigenvalue weighted by Gasteiger charge is 2.44. The molecule has 2 aromatic carbocycles. The number of aliphatic hydroxyl groups excluding tert-OH is 1. The van der Waals surface area contributed by atoms with Crippen LogP contribution < -0.4 is 10.9 Å². The second kappa shape index (κ2) is 11.9. The van der Waals surface area contributed by atoms with E-state index in [1.165, 1.54) is 36.4 Å². The molecule has 3 rings (SSSR count). The first-order chi connectivity index (χ1) is 18.1. The number of carboxylic acids is 1. The van der Waals surface area contributed by atoms with Crippen molar-refractivity contribution >= 4 is 11.7 Å². The zero-order valence-corrected chi connectivity index (χ0v) is 20.6. The second-order valence-corrected chi connectivity index (χ2v) is 9.16. The number of alkyl halides is 6. The van der Waals surface area contributed by atoms with E-state index in [0.29, 0.717) is 29.1 Å². The maximum absolute atomic E-state index is 13.7. The van der Waals surface area contributed by atoms with Crippen LogP contribution in [0.4, 0.5) is 32.0 Å². The number of hydrogen-bond acceptors (Lipinski definition) is 4. The molecule has 210 valence electrons. The van der Waals surface area contributed by atoms with Crippen LogP contribution >= 0.6 is 0 Å². The maximum atomic E-state index is 13.7. The van der Waals surface area contributed by atoms with E-state index in [2.05, 4.69) is 5.32 Å². The van der Waals surface area contributed by atoms with Crippen LogP contribution in [-0.4, -0.2) is 33.2 Å². The van der Waals surface area contributed by atoms with Crippen LogP contribution in [0.25, 0.3) is 0 Å². The van der Waals surface area contributed by atoms with Crippen LogP contribution in [0.15, 0.2) is 71.7 Å². The number of halogens is 6. The number of anilines is 1. The van der Waals surface area contributed by atoms with E-state index >= 15 is 0 Å². The van der Waals surface area contributed by atoms with Gasteiger partial charge in [-0.15, -0.1) is 0 Å². The van der Waals surface area contributed by atoms with Gasteiger partial charge < -0.3 is 20.1 Å². The quantitative estimate of drug-likeness (QED) is 0.222. The van der Waals surface area contributed by atoms with E-state index in [1.807, 2.05) is 0 Å². The van der Waals surface area contributed by atoms with E-state index in [4.69, 9.17) is 5.11 Å². The Morgan fingerprint density at radius 3 is 2.23 bits per heavy atom. The molecule has 0 radical (unpaired) electrons. The summed E-state index contributed by atoms with van der Waals surface area (Å²) in [4.78, 5) is 22.9. The molecule has 1 aromatic heterocycles. The van der Waals surface area contributed by atoms with Crippen molar-refractivity contribution in [3.63, 3.8) is 0 Å².